The van der Waals surface area contributed by atoms with Gasteiger partial charge in [-0.15, -0.1) is 0 Å². The zero-order chi connectivity index (χ0) is 14.5. The number of aryl methyl sites for hydroxylation is 2. The van der Waals surface area contributed by atoms with E-state index >= 15 is 0 Å². The number of rotatable bonds is 4. The SMILES string of the molecule is O=c1ccc(-c2ccccn2)nn1CCc1cccnn1. The average molecular weight is 279 g/mol. The van der Waals surface area contributed by atoms with E-state index in [-0.39, 0.29) is 5.56 Å². The van der Waals surface area contributed by atoms with Gasteiger partial charge in [-0.2, -0.15) is 15.3 Å². The smallest absolute Gasteiger partial charge is 0.266 e. The second kappa shape index (κ2) is 6.04. The van der Waals surface area contributed by atoms with Gasteiger partial charge in [0.05, 0.1) is 17.9 Å². The summed E-state index contributed by atoms with van der Waals surface area (Å²) in [6.45, 7) is 0.457. The molecule has 3 rings (SSSR count). The van der Waals surface area contributed by atoms with Crippen LogP contribution in [0.2, 0.25) is 0 Å². The van der Waals surface area contributed by atoms with E-state index in [0.717, 1.165) is 11.4 Å². The fourth-order valence-electron chi connectivity index (χ4n) is 1.95. The first-order chi connectivity index (χ1) is 10.3. The third-order valence-corrected chi connectivity index (χ3v) is 3.00. The molecule has 6 heteroatoms. The molecule has 0 aliphatic rings. The minimum Gasteiger partial charge on any atom is -0.268 e. The number of hydrogen-bond donors (Lipinski definition) is 0. The molecule has 0 aliphatic heterocycles. The Labute approximate surface area is 121 Å². The highest BCUT2D eigenvalue weighted by Crippen LogP contribution is 2.10. The summed E-state index contributed by atoms with van der Waals surface area (Å²) in [5.74, 6) is 0. The summed E-state index contributed by atoms with van der Waals surface area (Å²) < 4.78 is 1.43. The number of nitrogens with zero attached hydrogens (tertiary/aromatic N) is 5. The van der Waals surface area contributed by atoms with Crippen LogP contribution in [0.3, 0.4) is 0 Å². The molecule has 3 aromatic heterocycles. The van der Waals surface area contributed by atoms with Crippen LogP contribution < -0.4 is 5.56 Å². The summed E-state index contributed by atoms with van der Waals surface area (Å²) in [5.41, 5.74) is 2.10. The molecule has 0 fully saturated rings. The summed E-state index contributed by atoms with van der Waals surface area (Å²) >= 11 is 0. The van der Waals surface area contributed by atoms with Crippen molar-refractivity contribution in [2.45, 2.75) is 13.0 Å². The van der Waals surface area contributed by atoms with Gasteiger partial charge in [-0.1, -0.05) is 6.07 Å². The van der Waals surface area contributed by atoms with Crippen LogP contribution in [0.1, 0.15) is 5.69 Å². The van der Waals surface area contributed by atoms with Gasteiger partial charge in [0.1, 0.15) is 5.69 Å². The topological polar surface area (TPSA) is 73.6 Å². The van der Waals surface area contributed by atoms with Crippen LogP contribution in [0.5, 0.6) is 0 Å². The second-order valence-corrected chi connectivity index (χ2v) is 4.46. The highest BCUT2D eigenvalue weighted by atomic mass is 16.1. The molecule has 3 aromatic rings. The maximum absolute atomic E-state index is 11.9. The Bertz CT molecular complexity index is 771. The predicted molar refractivity (Wildman–Crippen MR) is 77.5 cm³/mol. The zero-order valence-electron chi connectivity index (χ0n) is 11.3. The molecule has 0 aliphatic carbocycles. The fourth-order valence-corrected chi connectivity index (χ4v) is 1.95. The molecule has 21 heavy (non-hydrogen) atoms. The van der Waals surface area contributed by atoms with Gasteiger partial charge in [-0.3, -0.25) is 9.78 Å². The van der Waals surface area contributed by atoms with Crippen LogP contribution in [0, 0.1) is 0 Å². The minimum atomic E-state index is -0.140. The number of hydrogen-bond acceptors (Lipinski definition) is 5. The van der Waals surface area contributed by atoms with E-state index in [1.54, 1.807) is 18.5 Å². The fraction of sp³-hybridized carbons (Fsp3) is 0.133. The Kier molecular flexibility index (Phi) is 3.77. The molecule has 0 bridgehead atoms. The van der Waals surface area contributed by atoms with Crippen LogP contribution in [0.4, 0.5) is 0 Å². The van der Waals surface area contributed by atoms with Crippen LogP contribution in [-0.4, -0.2) is 25.0 Å². The highest BCUT2D eigenvalue weighted by molar-refractivity contribution is 5.52. The van der Waals surface area contributed by atoms with Gasteiger partial charge in [0.25, 0.3) is 5.56 Å². The van der Waals surface area contributed by atoms with E-state index in [1.165, 1.54) is 10.7 Å². The van der Waals surface area contributed by atoms with Gasteiger partial charge in [0.15, 0.2) is 0 Å². The van der Waals surface area contributed by atoms with E-state index < -0.39 is 0 Å². The molecular formula is C15H13N5O. The summed E-state index contributed by atoms with van der Waals surface area (Å²) in [6.07, 6.45) is 3.92. The first kappa shape index (κ1) is 13.1. The van der Waals surface area contributed by atoms with E-state index in [9.17, 15) is 4.79 Å². The Morgan fingerprint density at radius 3 is 2.67 bits per heavy atom. The Morgan fingerprint density at radius 2 is 1.90 bits per heavy atom. The number of pyridine rings is 1. The van der Waals surface area contributed by atoms with E-state index in [0.29, 0.717) is 18.7 Å². The average Bonchev–Trinajstić information content (AvgIpc) is 2.56. The lowest BCUT2D eigenvalue weighted by Gasteiger charge is -2.06. The molecule has 3 heterocycles. The van der Waals surface area contributed by atoms with Crippen LogP contribution in [-0.2, 0) is 13.0 Å². The molecule has 6 nitrogen and oxygen atoms in total. The van der Waals surface area contributed by atoms with Crippen molar-refractivity contribution in [1.82, 2.24) is 25.0 Å². The van der Waals surface area contributed by atoms with Crippen molar-refractivity contribution in [3.05, 3.63) is 70.9 Å². The van der Waals surface area contributed by atoms with Crippen molar-refractivity contribution in [2.75, 3.05) is 0 Å². The van der Waals surface area contributed by atoms with Crippen molar-refractivity contribution in [1.29, 1.82) is 0 Å². The van der Waals surface area contributed by atoms with Crippen molar-refractivity contribution >= 4 is 0 Å². The molecule has 0 aromatic carbocycles. The Balaban J connectivity index is 1.84. The van der Waals surface area contributed by atoms with Crippen molar-refractivity contribution in [3.8, 4) is 11.4 Å². The first-order valence-electron chi connectivity index (χ1n) is 6.59. The third kappa shape index (κ3) is 3.17. The molecule has 0 N–H and O–H groups in total. The summed E-state index contributed by atoms with van der Waals surface area (Å²) in [6, 6.07) is 12.5. The molecule has 0 saturated heterocycles. The lowest BCUT2D eigenvalue weighted by molar-refractivity contribution is 0.572. The quantitative estimate of drug-likeness (QED) is 0.720. The summed E-state index contributed by atoms with van der Waals surface area (Å²) in [7, 11) is 0. The van der Waals surface area contributed by atoms with Gasteiger partial charge in [-0.25, -0.2) is 4.68 Å². The number of aromatic nitrogens is 5. The standard InChI is InChI=1S/C15H13N5O/c21-15-7-6-14(13-5-1-2-9-16-13)19-20(15)11-8-12-4-3-10-17-18-12/h1-7,9-10H,8,11H2. The minimum absolute atomic E-state index is 0.140. The molecular weight excluding hydrogens is 266 g/mol. The lowest BCUT2D eigenvalue weighted by atomic mass is 10.2. The maximum atomic E-state index is 11.9. The molecule has 0 amide bonds. The summed E-state index contributed by atoms with van der Waals surface area (Å²) in [5, 5.41) is 12.2. The Hall–Kier alpha value is -2.89. The van der Waals surface area contributed by atoms with E-state index in [4.69, 9.17) is 0 Å². The van der Waals surface area contributed by atoms with Crippen molar-refractivity contribution < 1.29 is 0 Å². The molecule has 0 spiro atoms. The van der Waals surface area contributed by atoms with Crippen molar-refractivity contribution in [2.24, 2.45) is 0 Å². The predicted octanol–water partition coefficient (Wildman–Crippen LogP) is 1.34. The van der Waals surface area contributed by atoms with Gasteiger partial charge in [-0.05, 0) is 30.3 Å². The van der Waals surface area contributed by atoms with Crippen LogP contribution >= 0.6 is 0 Å². The van der Waals surface area contributed by atoms with E-state index in [2.05, 4.69) is 20.3 Å². The molecule has 104 valence electrons. The molecule has 0 radical (unpaired) electrons. The van der Waals surface area contributed by atoms with Gasteiger partial charge < -0.3 is 0 Å². The molecule has 0 atom stereocenters. The Morgan fingerprint density at radius 1 is 0.952 bits per heavy atom. The van der Waals surface area contributed by atoms with E-state index in [1.807, 2.05) is 30.3 Å². The highest BCUT2D eigenvalue weighted by Gasteiger charge is 2.04. The third-order valence-electron chi connectivity index (χ3n) is 3.00. The first-order valence-corrected chi connectivity index (χ1v) is 6.59. The normalized spacial score (nSPS) is 10.5. The molecule has 0 unspecified atom stereocenters. The lowest BCUT2D eigenvalue weighted by Crippen LogP contribution is -2.23. The van der Waals surface area contributed by atoms with Crippen molar-refractivity contribution in [3.63, 3.8) is 0 Å². The van der Waals surface area contributed by atoms with Gasteiger partial charge in [0.2, 0.25) is 0 Å². The maximum Gasteiger partial charge on any atom is 0.266 e. The monoisotopic (exact) mass is 279 g/mol. The van der Waals surface area contributed by atoms with Crippen LogP contribution in [0.25, 0.3) is 11.4 Å². The van der Waals surface area contributed by atoms with Gasteiger partial charge >= 0.3 is 0 Å². The second-order valence-electron chi connectivity index (χ2n) is 4.46. The van der Waals surface area contributed by atoms with Gasteiger partial charge in [0, 0.05) is 24.9 Å². The zero-order valence-corrected chi connectivity index (χ0v) is 11.3. The molecule has 0 saturated carbocycles. The largest absolute Gasteiger partial charge is 0.268 e. The van der Waals surface area contributed by atoms with Crippen LogP contribution in [0.15, 0.2) is 59.7 Å². The summed E-state index contributed by atoms with van der Waals surface area (Å²) in [4.78, 5) is 16.1.